The van der Waals surface area contributed by atoms with Gasteiger partial charge in [0.25, 0.3) is 0 Å². The molecule has 0 fully saturated rings. The molecule has 1 heterocycles. The predicted octanol–water partition coefficient (Wildman–Crippen LogP) is 4.83. The third kappa shape index (κ3) is 4.54. The van der Waals surface area contributed by atoms with Crippen LogP contribution in [0.3, 0.4) is 0 Å². The van der Waals surface area contributed by atoms with Crippen LogP contribution in [0, 0.1) is 25.2 Å². The number of amides is 1. The number of pyridine rings is 1. The molecule has 0 saturated heterocycles. The number of anilines is 2. The van der Waals surface area contributed by atoms with Crippen molar-refractivity contribution in [3.63, 3.8) is 0 Å². The Labute approximate surface area is 165 Å². The molecule has 140 valence electrons. The summed E-state index contributed by atoms with van der Waals surface area (Å²) in [6.45, 7) is 4.83. The molecule has 3 aromatic rings. The molecule has 0 unspecified atom stereocenters. The molecule has 0 aliphatic carbocycles. The van der Waals surface area contributed by atoms with Gasteiger partial charge in [0.1, 0.15) is 12.2 Å². The van der Waals surface area contributed by atoms with Gasteiger partial charge in [-0.3, -0.25) is 4.79 Å². The maximum atomic E-state index is 11.7. The van der Waals surface area contributed by atoms with E-state index in [-0.39, 0.29) is 12.3 Å². The van der Waals surface area contributed by atoms with E-state index >= 15 is 0 Å². The number of benzene rings is 2. The van der Waals surface area contributed by atoms with Crippen LogP contribution in [0.2, 0.25) is 0 Å². The lowest BCUT2D eigenvalue weighted by Gasteiger charge is -2.13. The van der Waals surface area contributed by atoms with Crippen LogP contribution >= 0.6 is 0 Å². The number of rotatable bonds is 6. The van der Waals surface area contributed by atoms with Gasteiger partial charge in [0.2, 0.25) is 5.91 Å². The number of nitrogens with one attached hydrogen (secondary N) is 2. The molecular formula is C23H22N4O. The highest BCUT2D eigenvalue weighted by Gasteiger charge is 2.08. The Morgan fingerprint density at radius 3 is 2.43 bits per heavy atom. The van der Waals surface area contributed by atoms with Gasteiger partial charge in [0.05, 0.1) is 11.8 Å². The second-order valence-electron chi connectivity index (χ2n) is 6.60. The molecule has 0 aliphatic rings. The van der Waals surface area contributed by atoms with Crippen LogP contribution in [0.1, 0.15) is 23.1 Å². The quantitative estimate of drug-likeness (QED) is 0.651. The highest BCUT2D eigenvalue weighted by molar-refractivity contribution is 5.94. The summed E-state index contributed by atoms with van der Waals surface area (Å²) >= 11 is 0. The van der Waals surface area contributed by atoms with E-state index in [2.05, 4.69) is 71.9 Å². The summed E-state index contributed by atoms with van der Waals surface area (Å²) in [6.07, 6.45) is 1.47. The van der Waals surface area contributed by atoms with E-state index in [1.165, 1.54) is 22.3 Å². The smallest absolute Gasteiger partial charge is 0.238 e. The van der Waals surface area contributed by atoms with Crippen LogP contribution in [0.25, 0.3) is 11.1 Å². The molecular weight excluding hydrogens is 348 g/mol. The van der Waals surface area contributed by atoms with Crippen molar-refractivity contribution in [2.45, 2.75) is 26.8 Å². The fraction of sp³-hybridized carbons (Fsp3) is 0.174. The Morgan fingerprint density at radius 1 is 1.04 bits per heavy atom. The van der Waals surface area contributed by atoms with Gasteiger partial charge in [-0.15, -0.1) is 0 Å². The number of nitrogens with zero attached hydrogens (tertiary/aromatic N) is 2. The maximum absolute atomic E-state index is 11.7. The third-order valence-electron chi connectivity index (χ3n) is 4.51. The zero-order chi connectivity index (χ0) is 19.9. The van der Waals surface area contributed by atoms with Crippen LogP contribution in [0.4, 0.5) is 11.5 Å². The highest BCUT2D eigenvalue weighted by atomic mass is 16.1. The van der Waals surface area contributed by atoms with Crippen LogP contribution in [0.5, 0.6) is 0 Å². The van der Waals surface area contributed by atoms with E-state index < -0.39 is 0 Å². The van der Waals surface area contributed by atoms with E-state index in [1.807, 2.05) is 6.07 Å². The Morgan fingerprint density at radius 2 is 1.75 bits per heavy atom. The molecule has 2 aromatic carbocycles. The number of carbonyl (C=O) groups excluding carboxylic acids is 1. The van der Waals surface area contributed by atoms with Crippen LogP contribution in [-0.2, 0) is 11.3 Å². The minimum atomic E-state index is -0.350. The fourth-order valence-corrected chi connectivity index (χ4v) is 3.16. The first-order valence-electron chi connectivity index (χ1n) is 9.09. The van der Waals surface area contributed by atoms with Gasteiger partial charge >= 0.3 is 0 Å². The summed E-state index contributed by atoms with van der Waals surface area (Å²) in [6, 6.07) is 20.1. The van der Waals surface area contributed by atoms with E-state index in [9.17, 15) is 4.79 Å². The van der Waals surface area contributed by atoms with Crippen molar-refractivity contribution < 1.29 is 4.79 Å². The van der Waals surface area contributed by atoms with Crippen LogP contribution in [-0.4, -0.2) is 10.9 Å². The molecule has 5 nitrogen and oxygen atoms in total. The van der Waals surface area contributed by atoms with Crippen LogP contribution in [0.15, 0.2) is 60.8 Å². The lowest BCUT2D eigenvalue weighted by atomic mass is 9.95. The molecule has 0 spiro atoms. The number of carbonyl (C=O) groups is 1. The van der Waals surface area contributed by atoms with Gasteiger partial charge in [0, 0.05) is 12.7 Å². The van der Waals surface area contributed by atoms with Crippen molar-refractivity contribution in [2.24, 2.45) is 0 Å². The Bertz CT molecular complexity index is 999. The zero-order valence-corrected chi connectivity index (χ0v) is 16.0. The van der Waals surface area contributed by atoms with Crippen molar-refractivity contribution in [3.8, 4) is 17.2 Å². The summed E-state index contributed by atoms with van der Waals surface area (Å²) in [7, 11) is 0. The second-order valence-corrected chi connectivity index (χ2v) is 6.60. The van der Waals surface area contributed by atoms with E-state index in [1.54, 1.807) is 18.3 Å². The van der Waals surface area contributed by atoms with Crippen molar-refractivity contribution in [2.75, 3.05) is 10.6 Å². The molecule has 0 saturated carbocycles. The van der Waals surface area contributed by atoms with Crippen molar-refractivity contribution in [1.29, 1.82) is 5.26 Å². The molecule has 1 aromatic heterocycles. The standard InChI is InChI=1S/C23H22N4O/c1-16-5-3-6-17(2)22(16)19-10-8-18(9-11-19)15-26-23-20(7-4-14-25-23)27-21(28)12-13-24/h3-11,14H,12,15H2,1-2H3,(H,25,26)(H,27,28). The first-order chi connectivity index (χ1) is 13.6. The third-order valence-corrected chi connectivity index (χ3v) is 4.51. The SMILES string of the molecule is Cc1cccc(C)c1-c1ccc(CNc2ncccc2NC(=O)CC#N)cc1. The molecule has 0 bridgehead atoms. The molecule has 0 aliphatic heterocycles. The predicted molar refractivity (Wildman–Crippen MR) is 112 cm³/mol. The Balaban J connectivity index is 1.71. The number of aromatic nitrogens is 1. The maximum Gasteiger partial charge on any atom is 0.238 e. The van der Waals surface area contributed by atoms with Crippen molar-refractivity contribution >= 4 is 17.4 Å². The van der Waals surface area contributed by atoms with Crippen LogP contribution < -0.4 is 10.6 Å². The lowest BCUT2D eigenvalue weighted by Crippen LogP contribution is -2.13. The van der Waals surface area contributed by atoms with Gasteiger partial charge in [-0.25, -0.2) is 4.98 Å². The summed E-state index contributed by atoms with van der Waals surface area (Å²) < 4.78 is 0. The van der Waals surface area contributed by atoms with Gasteiger partial charge in [-0.05, 0) is 53.8 Å². The van der Waals surface area contributed by atoms with E-state index in [0.29, 0.717) is 18.1 Å². The lowest BCUT2D eigenvalue weighted by molar-refractivity contribution is -0.115. The average molecular weight is 370 g/mol. The molecule has 28 heavy (non-hydrogen) atoms. The molecule has 2 N–H and O–H groups in total. The number of hydrogen-bond donors (Lipinski definition) is 2. The Hall–Kier alpha value is -3.65. The Kier molecular flexibility index (Phi) is 6.03. The highest BCUT2D eigenvalue weighted by Crippen LogP contribution is 2.27. The second kappa shape index (κ2) is 8.83. The number of aryl methyl sites for hydroxylation is 2. The normalized spacial score (nSPS) is 10.2. The largest absolute Gasteiger partial charge is 0.364 e. The van der Waals surface area contributed by atoms with Crippen molar-refractivity contribution in [3.05, 3.63) is 77.5 Å². The average Bonchev–Trinajstić information content (AvgIpc) is 2.68. The van der Waals surface area contributed by atoms with Gasteiger partial charge < -0.3 is 10.6 Å². The van der Waals surface area contributed by atoms with Gasteiger partial charge in [-0.2, -0.15) is 5.26 Å². The summed E-state index contributed by atoms with van der Waals surface area (Å²) in [5.74, 6) is 0.226. The molecule has 5 heteroatoms. The number of nitriles is 1. The van der Waals surface area contributed by atoms with Gasteiger partial charge in [-0.1, -0.05) is 42.5 Å². The summed E-state index contributed by atoms with van der Waals surface area (Å²) in [5.41, 5.74) is 6.66. The first kappa shape index (κ1) is 19.1. The topological polar surface area (TPSA) is 77.8 Å². The molecule has 0 radical (unpaired) electrons. The van der Waals surface area contributed by atoms with E-state index in [4.69, 9.17) is 5.26 Å². The summed E-state index contributed by atoms with van der Waals surface area (Å²) in [5, 5.41) is 14.6. The van der Waals surface area contributed by atoms with Gasteiger partial charge in [0.15, 0.2) is 0 Å². The molecule has 1 amide bonds. The van der Waals surface area contributed by atoms with E-state index in [0.717, 1.165) is 5.56 Å². The molecule has 3 rings (SSSR count). The zero-order valence-electron chi connectivity index (χ0n) is 16.0. The summed E-state index contributed by atoms with van der Waals surface area (Å²) in [4.78, 5) is 16.0. The van der Waals surface area contributed by atoms with Crippen molar-refractivity contribution in [1.82, 2.24) is 4.98 Å². The fourth-order valence-electron chi connectivity index (χ4n) is 3.16. The number of hydrogen-bond acceptors (Lipinski definition) is 4. The molecule has 0 atom stereocenters. The monoisotopic (exact) mass is 370 g/mol. The first-order valence-corrected chi connectivity index (χ1v) is 9.09. The minimum Gasteiger partial charge on any atom is -0.364 e. The minimum absolute atomic E-state index is 0.186.